The molecular formula is C14H23N3O2. The van der Waals surface area contributed by atoms with Gasteiger partial charge in [0.1, 0.15) is 5.75 Å². The standard InChI is InChI=1S/C14H23N3O2/c1-18-12-3-4-14(13(15)11-12)16-5-2-6-17-7-9-19-10-8-17/h3-4,11,16H,2,5-10,15H2,1H3. The number of benzene rings is 1. The monoisotopic (exact) mass is 265 g/mol. The predicted molar refractivity (Wildman–Crippen MR) is 77.8 cm³/mol. The maximum absolute atomic E-state index is 5.95. The van der Waals surface area contributed by atoms with Gasteiger partial charge in [-0.2, -0.15) is 0 Å². The molecule has 1 aromatic carbocycles. The highest BCUT2D eigenvalue weighted by Gasteiger charge is 2.09. The molecule has 0 amide bonds. The summed E-state index contributed by atoms with van der Waals surface area (Å²) in [5.41, 5.74) is 7.65. The molecule has 1 aliphatic heterocycles. The van der Waals surface area contributed by atoms with Gasteiger partial charge in [-0.3, -0.25) is 4.90 Å². The zero-order valence-corrected chi connectivity index (χ0v) is 11.5. The normalized spacial score (nSPS) is 16.3. The van der Waals surface area contributed by atoms with Crippen LogP contribution in [0.15, 0.2) is 18.2 Å². The van der Waals surface area contributed by atoms with Crippen molar-refractivity contribution in [1.82, 2.24) is 4.90 Å². The van der Waals surface area contributed by atoms with Crippen molar-refractivity contribution in [2.75, 3.05) is 57.6 Å². The van der Waals surface area contributed by atoms with E-state index in [1.165, 1.54) is 0 Å². The maximum Gasteiger partial charge on any atom is 0.121 e. The molecule has 1 aliphatic rings. The molecule has 1 heterocycles. The molecule has 1 aromatic rings. The summed E-state index contributed by atoms with van der Waals surface area (Å²) in [5.74, 6) is 0.788. The van der Waals surface area contributed by atoms with Gasteiger partial charge in [0.15, 0.2) is 0 Å². The highest BCUT2D eigenvalue weighted by Crippen LogP contribution is 2.23. The molecule has 3 N–H and O–H groups in total. The fraction of sp³-hybridized carbons (Fsp3) is 0.571. The van der Waals surface area contributed by atoms with Crippen LogP contribution in [-0.2, 0) is 4.74 Å². The Balaban J connectivity index is 1.70. The third-order valence-corrected chi connectivity index (χ3v) is 3.33. The van der Waals surface area contributed by atoms with Gasteiger partial charge in [-0.1, -0.05) is 0 Å². The van der Waals surface area contributed by atoms with Gasteiger partial charge in [0, 0.05) is 25.7 Å². The van der Waals surface area contributed by atoms with E-state index < -0.39 is 0 Å². The van der Waals surface area contributed by atoms with Gasteiger partial charge in [-0.25, -0.2) is 0 Å². The van der Waals surface area contributed by atoms with Gasteiger partial charge < -0.3 is 20.5 Å². The number of anilines is 2. The third-order valence-electron chi connectivity index (χ3n) is 3.33. The predicted octanol–water partition coefficient (Wildman–Crippen LogP) is 1.41. The van der Waals surface area contributed by atoms with E-state index in [1.54, 1.807) is 7.11 Å². The first-order valence-corrected chi connectivity index (χ1v) is 6.77. The van der Waals surface area contributed by atoms with E-state index >= 15 is 0 Å². The zero-order chi connectivity index (χ0) is 13.5. The first-order chi connectivity index (χ1) is 9.29. The van der Waals surface area contributed by atoms with Crippen molar-refractivity contribution in [3.63, 3.8) is 0 Å². The summed E-state index contributed by atoms with van der Waals surface area (Å²) in [4.78, 5) is 2.43. The van der Waals surface area contributed by atoms with Crippen LogP contribution in [0.1, 0.15) is 6.42 Å². The van der Waals surface area contributed by atoms with Gasteiger partial charge in [-0.05, 0) is 25.1 Å². The Morgan fingerprint density at radius 2 is 2.16 bits per heavy atom. The molecule has 0 unspecified atom stereocenters. The number of methoxy groups -OCH3 is 1. The summed E-state index contributed by atoms with van der Waals surface area (Å²) in [7, 11) is 1.64. The Morgan fingerprint density at radius 1 is 1.37 bits per heavy atom. The van der Waals surface area contributed by atoms with E-state index in [0.717, 1.165) is 62.9 Å². The molecule has 0 saturated carbocycles. The fourth-order valence-corrected chi connectivity index (χ4v) is 2.18. The molecule has 2 rings (SSSR count). The molecule has 1 fully saturated rings. The number of hydrogen-bond acceptors (Lipinski definition) is 5. The number of morpholine rings is 1. The minimum Gasteiger partial charge on any atom is -0.497 e. The topological polar surface area (TPSA) is 59.8 Å². The van der Waals surface area contributed by atoms with Crippen molar-refractivity contribution in [3.05, 3.63) is 18.2 Å². The van der Waals surface area contributed by atoms with E-state index in [0.29, 0.717) is 0 Å². The highest BCUT2D eigenvalue weighted by atomic mass is 16.5. The lowest BCUT2D eigenvalue weighted by Crippen LogP contribution is -2.37. The lowest BCUT2D eigenvalue weighted by atomic mass is 10.2. The summed E-state index contributed by atoms with van der Waals surface area (Å²) in [5, 5.41) is 3.37. The minimum atomic E-state index is 0.728. The van der Waals surface area contributed by atoms with Crippen molar-refractivity contribution in [2.45, 2.75) is 6.42 Å². The minimum absolute atomic E-state index is 0.728. The lowest BCUT2D eigenvalue weighted by molar-refractivity contribution is 0.0378. The second-order valence-corrected chi connectivity index (χ2v) is 4.69. The third kappa shape index (κ3) is 4.29. The molecule has 0 radical (unpaired) electrons. The summed E-state index contributed by atoms with van der Waals surface area (Å²) >= 11 is 0. The first-order valence-electron chi connectivity index (χ1n) is 6.77. The first kappa shape index (κ1) is 14.0. The van der Waals surface area contributed by atoms with Crippen molar-refractivity contribution < 1.29 is 9.47 Å². The Labute approximate surface area is 114 Å². The van der Waals surface area contributed by atoms with Crippen LogP contribution < -0.4 is 15.8 Å². The molecule has 1 saturated heterocycles. The van der Waals surface area contributed by atoms with Crippen molar-refractivity contribution in [3.8, 4) is 5.75 Å². The number of ether oxygens (including phenoxy) is 2. The van der Waals surface area contributed by atoms with Crippen LogP contribution >= 0.6 is 0 Å². The van der Waals surface area contributed by atoms with E-state index in [2.05, 4.69) is 10.2 Å². The smallest absolute Gasteiger partial charge is 0.121 e. The van der Waals surface area contributed by atoms with Crippen LogP contribution in [0.2, 0.25) is 0 Å². The molecule has 0 atom stereocenters. The summed E-state index contributed by atoms with van der Waals surface area (Å²) in [6.07, 6.45) is 1.10. The molecule has 0 spiro atoms. The van der Waals surface area contributed by atoms with Crippen LogP contribution in [0, 0.1) is 0 Å². The van der Waals surface area contributed by atoms with Crippen molar-refractivity contribution in [2.24, 2.45) is 0 Å². The van der Waals surface area contributed by atoms with Gasteiger partial charge in [0.2, 0.25) is 0 Å². The average molecular weight is 265 g/mol. The summed E-state index contributed by atoms with van der Waals surface area (Å²) in [6.45, 7) is 5.84. The number of rotatable bonds is 6. The number of nitrogens with zero attached hydrogens (tertiary/aromatic N) is 1. The molecular weight excluding hydrogens is 242 g/mol. The second-order valence-electron chi connectivity index (χ2n) is 4.69. The SMILES string of the molecule is COc1ccc(NCCCN2CCOCC2)c(N)c1. The lowest BCUT2D eigenvalue weighted by Gasteiger charge is -2.26. The number of nitrogens with two attached hydrogens (primary N) is 1. The Bertz CT molecular complexity index is 392. The van der Waals surface area contributed by atoms with Crippen molar-refractivity contribution >= 4 is 11.4 Å². The van der Waals surface area contributed by atoms with Gasteiger partial charge in [0.25, 0.3) is 0 Å². The van der Waals surface area contributed by atoms with Gasteiger partial charge in [-0.15, -0.1) is 0 Å². The number of nitrogens with one attached hydrogen (secondary N) is 1. The summed E-state index contributed by atoms with van der Waals surface area (Å²) < 4.78 is 10.5. The largest absolute Gasteiger partial charge is 0.497 e. The number of nitrogen functional groups attached to an aromatic ring is 1. The zero-order valence-electron chi connectivity index (χ0n) is 11.5. The van der Waals surface area contributed by atoms with E-state index in [4.69, 9.17) is 15.2 Å². The van der Waals surface area contributed by atoms with E-state index in [-0.39, 0.29) is 0 Å². The molecule has 5 heteroatoms. The molecule has 106 valence electrons. The quantitative estimate of drug-likeness (QED) is 0.601. The molecule has 0 bridgehead atoms. The average Bonchev–Trinajstić information content (AvgIpc) is 2.46. The van der Waals surface area contributed by atoms with Crippen LogP contribution in [0.3, 0.4) is 0 Å². The Morgan fingerprint density at radius 3 is 2.84 bits per heavy atom. The van der Waals surface area contributed by atoms with Crippen LogP contribution in [0.5, 0.6) is 5.75 Å². The number of hydrogen-bond donors (Lipinski definition) is 2. The molecule has 19 heavy (non-hydrogen) atoms. The maximum atomic E-state index is 5.95. The Kier molecular flexibility index (Phi) is 5.30. The second kappa shape index (κ2) is 7.21. The van der Waals surface area contributed by atoms with Gasteiger partial charge >= 0.3 is 0 Å². The van der Waals surface area contributed by atoms with Crippen LogP contribution in [0.4, 0.5) is 11.4 Å². The molecule has 0 aromatic heterocycles. The van der Waals surface area contributed by atoms with E-state index in [1.807, 2.05) is 18.2 Å². The Hall–Kier alpha value is -1.46. The van der Waals surface area contributed by atoms with Crippen LogP contribution in [-0.4, -0.2) is 51.4 Å². The summed E-state index contributed by atoms with van der Waals surface area (Å²) in [6, 6.07) is 5.72. The molecule has 5 nitrogen and oxygen atoms in total. The van der Waals surface area contributed by atoms with Crippen molar-refractivity contribution in [1.29, 1.82) is 0 Å². The van der Waals surface area contributed by atoms with Gasteiger partial charge in [0.05, 0.1) is 31.7 Å². The van der Waals surface area contributed by atoms with E-state index in [9.17, 15) is 0 Å². The fourth-order valence-electron chi connectivity index (χ4n) is 2.18. The highest BCUT2D eigenvalue weighted by molar-refractivity contribution is 5.68. The van der Waals surface area contributed by atoms with Crippen LogP contribution in [0.25, 0.3) is 0 Å². The molecule has 0 aliphatic carbocycles.